The number of hydrogen-bond donors (Lipinski definition) is 2. The highest BCUT2D eigenvalue weighted by atomic mass is 32.2. The molecule has 2 unspecified atom stereocenters. The molecular weight excluding hydrogens is 288 g/mol. The molecule has 2 atom stereocenters. The van der Waals surface area contributed by atoms with Crippen LogP contribution in [0.3, 0.4) is 0 Å². The van der Waals surface area contributed by atoms with Gasteiger partial charge in [-0.2, -0.15) is 0 Å². The number of fused-ring (bicyclic) bond motifs is 1. The molecule has 0 amide bonds. The molecule has 0 bridgehead atoms. The predicted molar refractivity (Wildman–Crippen MR) is 79.1 cm³/mol. The van der Waals surface area contributed by atoms with Crippen LogP contribution in [0, 0.1) is 0 Å². The molecule has 112 valence electrons. The Balaban J connectivity index is 1.89. The Morgan fingerprint density at radius 2 is 2.19 bits per heavy atom. The molecule has 1 aromatic heterocycles. The summed E-state index contributed by atoms with van der Waals surface area (Å²) in [6.07, 6.45) is 3.71. The second-order valence-electron chi connectivity index (χ2n) is 5.21. The Kier molecular flexibility index (Phi) is 3.56. The average molecular weight is 306 g/mol. The molecule has 1 aliphatic rings. The minimum Gasteiger partial charge on any atom is -0.336 e. The van der Waals surface area contributed by atoms with Gasteiger partial charge in [0.2, 0.25) is 0 Å². The van der Waals surface area contributed by atoms with E-state index < -0.39 is 16.1 Å². The minimum atomic E-state index is -3.67. The zero-order valence-electron chi connectivity index (χ0n) is 11.7. The van der Waals surface area contributed by atoms with Crippen LogP contribution in [0.15, 0.2) is 41.8 Å². The molecule has 2 aromatic rings. The van der Waals surface area contributed by atoms with Gasteiger partial charge in [-0.15, -0.1) is 0 Å². The molecule has 0 saturated carbocycles. The summed E-state index contributed by atoms with van der Waals surface area (Å²) in [7, 11) is -3.67. The highest BCUT2D eigenvalue weighted by Crippen LogP contribution is 2.31. The molecule has 3 rings (SSSR count). The lowest BCUT2D eigenvalue weighted by Gasteiger charge is -2.17. The maximum atomic E-state index is 12.4. The zero-order chi connectivity index (χ0) is 15.0. The number of imidazole rings is 1. The fourth-order valence-corrected chi connectivity index (χ4v) is 3.87. The van der Waals surface area contributed by atoms with Gasteiger partial charge in [-0.1, -0.05) is 24.3 Å². The first kappa shape index (κ1) is 14.2. The van der Waals surface area contributed by atoms with Gasteiger partial charge < -0.3 is 10.3 Å². The number of benzene rings is 1. The van der Waals surface area contributed by atoms with Crippen molar-refractivity contribution in [2.45, 2.75) is 37.0 Å². The van der Waals surface area contributed by atoms with Gasteiger partial charge in [0.15, 0.2) is 5.03 Å². The molecule has 0 spiro atoms. The summed E-state index contributed by atoms with van der Waals surface area (Å²) < 4.78 is 29.3. The summed E-state index contributed by atoms with van der Waals surface area (Å²) in [6, 6.07) is 7.06. The quantitative estimate of drug-likeness (QED) is 0.874. The normalized spacial score (nSPS) is 21.4. The fraction of sp³-hybridized carbons (Fsp3) is 0.357. The van der Waals surface area contributed by atoms with Crippen molar-refractivity contribution in [3.63, 3.8) is 0 Å². The van der Waals surface area contributed by atoms with Crippen molar-refractivity contribution in [3.8, 4) is 0 Å². The highest BCUT2D eigenvalue weighted by Gasteiger charge is 2.33. The molecule has 0 radical (unpaired) electrons. The molecule has 0 fully saturated rings. The van der Waals surface area contributed by atoms with Gasteiger partial charge in [0.05, 0.1) is 12.4 Å². The van der Waals surface area contributed by atoms with Crippen LogP contribution in [0.5, 0.6) is 0 Å². The van der Waals surface area contributed by atoms with Crippen molar-refractivity contribution in [2.75, 3.05) is 0 Å². The molecule has 1 aromatic carbocycles. The van der Waals surface area contributed by atoms with Crippen molar-refractivity contribution in [1.29, 1.82) is 0 Å². The standard InChI is InChI=1S/C14H18N4O2S/c1-2-18-8-13(16-9-18)21(19,20)17-14-11-6-4-3-5-10(11)7-12(14)15/h3-6,8-9,12,14,17H,2,7,15H2,1H3. The second-order valence-corrected chi connectivity index (χ2v) is 6.87. The molecule has 0 saturated heterocycles. The third-order valence-electron chi connectivity index (χ3n) is 3.81. The van der Waals surface area contributed by atoms with Crippen molar-refractivity contribution in [1.82, 2.24) is 14.3 Å². The van der Waals surface area contributed by atoms with Crippen molar-refractivity contribution >= 4 is 10.0 Å². The van der Waals surface area contributed by atoms with E-state index in [-0.39, 0.29) is 11.1 Å². The Labute approximate surface area is 124 Å². The predicted octanol–water partition coefficient (Wildman–Crippen LogP) is 0.806. The largest absolute Gasteiger partial charge is 0.336 e. The Hall–Kier alpha value is -1.70. The fourth-order valence-electron chi connectivity index (χ4n) is 2.66. The third-order valence-corrected chi connectivity index (χ3v) is 5.13. The first-order chi connectivity index (χ1) is 10.0. The van der Waals surface area contributed by atoms with Crippen LogP contribution in [-0.4, -0.2) is 24.0 Å². The molecule has 6 nitrogen and oxygen atoms in total. The van der Waals surface area contributed by atoms with Crippen LogP contribution in [-0.2, 0) is 23.0 Å². The number of hydrogen-bond acceptors (Lipinski definition) is 4. The number of aromatic nitrogens is 2. The summed E-state index contributed by atoms with van der Waals surface area (Å²) in [4.78, 5) is 3.95. The number of sulfonamides is 1. The molecule has 1 aliphatic carbocycles. The van der Waals surface area contributed by atoms with Crippen LogP contribution in [0.4, 0.5) is 0 Å². The van der Waals surface area contributed by atoms with E-state index in [0.717, 1.165) is 11.1 Å². The van der Waals surface area contributed by atoms with E-state index in [2.05, 4.69) is 9.71 Å². The van der Waals surface area contributed by atoms with Crippen LogP contribution in [0.2, 0.25) is 0 Å². The van der Waals surface area contributed by atoms with Gasteiger partial charge in [0.1, 0.15) is 0 Å². The zero-order valence-corrected chi connectivity index (χ0v) is 12.5. The van der Waals surface area contributed by atoms with E-state index in [4.69, 9.17) is 5.73 Å². The lowest BCUT2D eigenvalue weighted by atomic mass is 10.1. The maximum absolute atomic E-state index is 12.4. The molecule has 0 aliphatic heterocycles. The number of nitrogens with one attached hydrogen (secondary N) is 1. The van der Waals surface area contributed by atoms with Gasteiger partial charge in [0.25, 0.3) is 10.0 Å². The maximum Gasteiger partial charge on any atom is 0.260 e. The lowest BCUT2D eigenvalue weighted by Crippen LogP contribution is -2.38. The second kappa shape index (κ2) is 5.25. The van der Waals surface area contributed by atoms with Gasteiger partial charge in [-0.05, 0) is 24.5 Å². The van der Waals surface area contributed by atoms with Gasteiger partial charge >= 0.3 is 0 Å². The Bertz CT molecular complexity index is 754. The molecule has 7 heteroatoms. The van der Waals surface area contributed by atoms with E-state index in [1.807, 2.05) is 31.2 Å². The first-order valence-electron chi connectivity index (χ1n) is 6.88. The van der Waals surface area contributed by atoms with E-state index in [1.54, 1.807) is 4.57 Å². The first-order valence-corrected chi connectivity index (χ1v) is 8.37. The SMILES string of the molecule is CCn1cnc(S(=O)(=O)NC2c3ccccc3CC2N)c1. The number of aryl methyl sites for hydroxylation is 1. The summed E-state index contributed by atoms with van der Waals surface area (Å²) in [6.45, 7) is 2.60. The van der Waals surface area contributed by atoms with Gasteiger partial charge in [-0.3, -0.25) is 0 Å². The van der Waals surface area contributed by atoms with E-state index >= 15 is 0 Å². The van der Waals surface area contributed by atoms with E-state index in [9.17, 15) is 8.42 Å². The van der Waals surface area contributed by atoms with Crippen molar-refractivity contribution in [2.24, 2.45) is 5.73 Å². The Morgan fingerprint density at radius 3 is 2.90 bits per heavy atom. The van der Waals surface area contributed by atoms with Gasteiger partial charge in [0, 0.05) is 18.8 Å². The molecule has 3 N–H and O–H groups in total. The molecular formula is C14H18N4O2S. The molecule has 21 heavy (non-hydrogen) atoms. The van der Waals surface area contributed by atoms with Gasteiger partial charge in [-0.25, -0.2) is 18.1 Å². The Morgan fingerprint density at radius 1 is 1.43 bits per heavy atom. The topological polar surface area (TPSA) is 90.0 Å². The number of nitrogens with zero attached hydrogens (tertiary/aromatic N) is 2. The monoisotopic (exact) mass is 306 g/mol. The summed E-state index contributed by atoms with van der Waals surface area (Å²) in [5.41, 5.74) is 8.14. The van der Waals surface area contributed by atoms with Crippen molar-refractivity contribution < 1.29 is 8.42 Å². The number of rotatable bonds is 4. The smallest absolute Gasteiger partial charge is 0.260 e. The average Bonchev–Trinajstić information content (AvgIpc) is 3.05. The van der Waals surface area contributed by atoms with Crippen molar-refractivity contribution in [3.05, 3.63) is 47.9 Å². The van der Waals surface area contributed by atoms with Crippen LogP contribution in [0.25, 0.3) is 0 Å². The summed E-state index contributed by atoms with van der Waals surface area (Å²) in [5.74, 6) is 0. The van der Waals surface area contributed by atoms with Crippen LogP contribution < -0.4 is 10.5 Å². The van der Waals surface area contributed by atoms with E-state index in [1.165, 1.54) is 12.5 Å². The lowest BCUT2D eigenvalue weighted by molar-refractivity contribution is 0.516. The third kappa shape index (κ3) is 2.59. The van der Waals surface area contributed by atoms with Crippen LogP contribution >= 0.6 is 0 Å². The van der Waals surface area contributed by atoms with E-state index in [0.29, 0.717) is 13.0 Å². The summed E-state index contributed by atoms with van der Waals surface area (Å²) >= 11 is 0. The number of nitrogens with two attached hydrogens (primary N) is 1. The highest BCUT2D eigenvalue weighted by molar-refractivity contribution is 7.89. The van der Waals surface area contributed by atoms with Crippen LogP contribution in [0.1, 0.15) is 24.1 Å². The minimum absolute atomic E-state index is 0.0286. The molecule has 1 heterocycles. The summed E-state index contributed by atoms with van der Waals surface area (Å²) in [5, 5.41) is 0.0286.